The Balaban J connectivity index is 1.51. The van der Waals surface area contributed by atoms with Crippen molar-refractivity contribution in [3.8, 4) is 5.75 Å². The molecule has 0 aromatic heterocycles. The highest BCUT2D eigenvalue weighted by molar-refractivity contribution is 7.80. The van der Waals surface area contributed by atoms with Crippen molar-refractivity contribution in [3.63, 3.8) is 0 Å². The van der Waals surface area contributed by atoms with Crippen molar-refractivity contribution >= 4 is 45.4 Å². The second-order valence-corrected chi connectivity index (χ2v) is 10.2. The first-order valence-corrected chi connectivity index (χ1v) is 12.3. The van der Waals surface area contributed by atoms with E-state index in [2.05, 4.69) is 109 Å². The molecule has 1 heterocycles. The number of ether oxygens (including phenoxy) is 2. The maximum Gasteiger partial charge on any atom is 0.119 e. The molecule has 0 N–H and O–H groups in total. The average molecular weight is 434 g/mol. The SMILES string of the molecule is c1ccc2c(P(c3ccc(OCC4CO4)cc3)c3cccc4ccccc34)cccc2c1. The minimum atomic E-state index is -0.748. The van der Waals surface area contributed by atoms with Crippen LogP contribution in [0.25, 0.3) is 21.5 Å². The van der Waals surface area contributed by atoms with Gasteiger partial charge >= 0.3 is 0 Å². The fourth-order valence-corrected chi connectivity index (χ4v) is 6.88. The van der Waals surface area contributed by atoms with Crippen LogP contribution in [0.3, 0.4) is 0 Å². The molecule has 3 heteroatoms. The van der Waals surface area contributed by atoms with E-state index in [1.165, 1.54) is 37.5 Å². The van der Waals surface area contributed by atoms with Crippen molar-refractivity contribution in [1.82, 2.24) is 0 Å². The number of hydrogen-bond donors (Lipinski definition) is 0. The highest BCUT2D eigenvalue weighted by atomic mass is 31.1. The number of rotatable bonds is 6. The van der Waals surface area contributed by atoms with Crippen LogP contribution < -0.4 is 20.7 Å². The molecule has 0 bridgehead atoms. The van der Waals surface area contributed by atoms with Gasteiger partial charge < -0.3 is 9.47 Å². The molecule has 0 spiro atoms. The molecule has 0 aliphatic carbocycles. The second-order valence-electron chi connectivity index (χ2n) is 8.09. The van der Waals surface area contributed by atoms with E-state index in [0.29, 0.717) is 6.61 Å². The molecular weight excluding hydrogens is 411 g/mol. The lowest BCUT2D eigenvalue weighted by Crippen LogP contribution is -2.22. The molecule has 2 nitrogen and oxygen atoms in total. The maximum absolute atomic E-state index is 5.90. The van der Waals surface area contributed by atoms with Gasteiger partial charge in [0.05, 0.1) is 6.61 Å². The van der Waals surface area contributed by atoms with Crippen LogP contribution in [0, 0.1) is 0 Å². The van der Waals surface area contributed by atoms with Crippen LogP contribution in [0.15, 0.2) is 109 Å². The summed E-state index contributed by atoms with van der Waals surface area (Å²) in [4.78, 5) is 0. The predicted molar refractivity (Wildman–Crippen MR) is 135 cm³/mol. The first-order valence-electron chi connectivity index (χ1n) is 11.0. The van der Waals surface area contributed by atoms with E-state index in [4.69, 9.17) is 9.47 Å². The molecule has 1 fully saturated rings. The largest absolute Gasteiger partial charge is 0.491 e. The normalized spacial score (nSPS) is 15.3. The Kier molecular flexibility index (Phi) is 5.11. The van der Waals surface area contributed by atoms with E-state index < -0.39 is 7.92 Å². The predicted octanol–water partition coefficient (Wildman–Crippen LogP) is 5.53. The van der Waals surface area contributed by atoms with Gasteiger partial charge in [-0.25, -0.2) is 0 Å². The highest BCUT2D eigenvalue weighted by Gasteiger charge is 2.24. The molecule has 0 saturated carbocycles. The van der Waals surface area contributed by atoms with Gasteiger partial charge in [0.15, 0.2) is 0 Å². The summed E-state index contributed by atoms with van der Waals surface area (Å²) in [7, 11) is -0.748. The molecule has 5 aromatic rings. The summed E-state index contributed by atoms with van der Waals surface area (Å²) in [6, 6.07) is 39.4. The van der Waals surface area contributed by atoms with E-state index in [1.54, 1.807) is 0 Å². The van der Waals surface area contributed by atoms with Crippen LogP contribution in [0.1, 0.15) is 0 Å². The minimum Gasteiger partial charge on any atom is -0.491 e. The van der Waals surface area contributed by atoms with Gasteiger partial charge in [0.2, 0.25) is 0 Å². The maximum atomic E-state index is 5.90. The zero-order chi connectivity index (χ0) is 21.3. The fraction of sp³-hybridized carbons (Fsp3) is 0.103. The fourth-order valence-electron chi connectivity index (χ4n) is 4.26. The van der Waals surface area contributed by atoms with Crippen LogP contribution >= 0.6 is 7.92 Å². The number of hydrogen-bond acceptors (Lipinski definition) is 2. The first-order chi connectivity index (χ1) is 15.9. The van der Waals surface area contributed by atoms with Crippen LogP contribution in [-0.4, -0.2) is 19.3 Å². The summed E-state index contributed by atoms with van der Waals surface area (Å²) in [5.74, 6) is 0.898. The Bertz CT molecular complexity index is 1300. The van der Waals surface area contributed by atoms with Crippen molar-refractivity contribution in [2.45, 2.75) is 6.10 Å². The van der Waals surface area contributed by atoms with Gasteiger partial charge in [-0.2, -0.15) is 0 Å². The Morgan fingerprint density at radius 3 is 1.75 bits per heavy atom. The Hall–Kier alpha value is -3.19. The van der Waals surface area contributed by atoms with Crippen LogP contribution in [0.5, 0.6) is 5.75 Å². The third-order valence-corrected chi connectivity index (χ3v) is 8.51. The molecule has 1 aliphatic heterocycles. The van der Waals surface area contributed by atoms with Gasteiger partial charge in [0.25, 0.3) is 0 Å². The summed E-state index contributed by atoms with van der Waals surface area (Å²) in [5, 5.41) is 9.29. The minimum absolute atomic E-state index is 0.262. The van der Waals surface area contributed by atoms with Gasteiger partial charge in [-0.1, -0.05) is 97.1 Å². The smallest absolute Gasteiger partial charge is 0.119 e. The van der Waals surface area contributed by atoms with Crippen molar-refractivity contribution in [1.29, 1.82) is 0 Å². The molecule has 1 unspecified atom stereocenters. The quantitative estimate of drug-likeness (QED) is 0.259. The van der Waals surface area contributed by atoms with E-state index in [-0.39, 0.29) is 6.10 Å². The lowest BCUT2D eigenvalue weighted by Gasteiger charge is -2.23. The molecule has 5 aromatic carbocycles. The molecule has 0 radical (unpaired) electrons. The molecule has 0 amide bonds. The standard InChI is InChI=1S/C29H23O2P/c1-3-11-26-21(7-1)9-5-13-28(26)32(29-14-6-10-22-8-2-4-12-27(22)29)25-17-15-23(16-18-25)30-19-24-20-31-24/h1-18,24H,19-20H2. The lowest BCUT2D eigenvalue weighted by molar-refractivity contribution is 0.263. The summed E-state index contributed by atoms with van der Waals surface area (Å²) >= 11 is 0. The van der Waals surface area contributed by atoms with E-state index >= 15 is 0 Å². The third-order valence-electron chi connectivity index (χ3n) is 5.95. The van der Waals surface area contributed by atoms with E-state index in [9.17, 15) is 0 Å². The van der Waals surface area contributed by atoms with Crippen molar-refractivity contribution in [2.24, 2.45) is 0 Å². The van der Waals surface area contributed by atoms with Crippen LogP contribution in [-0.2, 0) is 4.74 Å². The molecule has 1 aliphatic rings. The van der Waals surface area contributed by atoms with E-state index in [0.717, 1.165) is 12.4 Å². The topological polar surface area (TPSA) is 21.8 Å². The summed E-state index contributed by atoms with van der Waals surface area (Å²) in [5.41, 5.74) is 0. The van der Waals surface area contributed by atoms with Gasteiger partial charge in [-0.3, -0.25) is 0 Å². The third kappa shape index (κ3) is 3.77. The van der Waals surface area contributed by atoms with Crippen molar-refractivity contribution < 1.29 is 9.47 Å². The second kappa shape index (κ2) is 8.39. The van der Waals surface area contributed by atoms with Crippen LogP contribution in [0.4, 0.5) is 0 Å². The number of epoxide rings is 1. The highest BCUT2D eigenvalue weighted by Crippen LogP contribution is 2.38. The lowest BCUT2D eigenvalue weighted by atomic mass is 10.1. The molecule has 1 atom stereocenters. The monoisotopic (exact) mass is 434 g/mol. The average Bonchev–Trinajstić information content (AvgIpc) is 3.69. The molecule has 156 valence electrons. The zero-order valence-corrected chi connectivity index (χ0v) is 18.5. The summed E-state index contributed by atoms with van der Waals surface area (Å²) in [6.45, 7) is 1.44. The van der Waals surface area contributed by atoms with Gasteiger partial charge in [0, 0.05) is 0 Å². The van der Waals surface area contributed by atoms with Gasteiger partial charge in [-0.15, -0.1) is 0 Å². The molecule has 32 heavy (non-hydrogen) atoms. The van der Waals surface area contributed by atoms with Gasteiger partial charge in [0.1, 0.15) is 18.5 Å². The molecule has 1 saturated heterocycles. The number of benzene rings is 5. The first kappa shape index (κ1) is 19.5. The Morgan fingerprint density at radius 2 is 1.19 bits per heavy atom. The Morgan fingerprint density at radius 1 is 0.656 bits per heavy atom. The van der Waals surface area contributed by atoms with Crippen molar-refractivity contribution in [2.75, 3.05) is 13.2 Å². The number of fused-ring (bicyclic) bond motifs is 2. The molecule has 6 rings (SSSR count). The van der Waals surface area contributed by atoms with Gasteiger partial charge in [-0.05, 0) is 57.5 Å². The van der Waals surface area contributed by atoms with Crippen molar-refractivity contribution in [3.05, 3.63) is 109 Å². The summed E-state index contributed by atoms with van der Waals surface area (Å²) < 4.78 is 11.2. The molecular formula is C29H23O2P. The van der Waals surface area contributed by atoms with E-state index in [1.807, 2.05) is 0 Å². The summed E-state index contributed by atoms with van der Waals surface area (Å²) in [6.07, 6.45) is 0.262. The zero-order valence-electron chi connectivity index (χ0n) is 17.6. The van der Waals surface area contributed by atoms with Crippen LogP contribution in [0.2, 0.25) is 0 Å². The Labute approximate surface area is 189 Å².